The van der Waals surface area contributed by atoms with E-state index in [1.807, 2.05) is 0 Å². The summed E-state index contributed by atoms with van der Waals surface area (Å²) in [6, 6.07) is 3.76. The predicted molar refractivity (Wildman–Crippen MR) is 64.9 cm³/mol. The number of alkyl halides is 3. The van der Waals surface area contributed by atoms with E-state index in [9.17, 15) is 13.2 Å². The molecule has 19 heavy (non-hydrogen) atoms. The monoisotopic (exact) mass is 274 g/mol. The van der Waals surface area contributed by atoms with Gasteiger partial charge in [0.15, 0.2) is 6.61 Å². The SMILES string of the molecule is FC(F)(F)COc1ccc(CNC2CCCC2)cn1. The van der Waals surface area contributed by atoms with Gasteiger partial charge in [0, 0.05) is 24.8 Å². The van der Waals surface area contributed by atoms with Crippen LogP contribution in [0.2, 0.25) is 0 Å². The third-order valence-electron chi connectivity index (χ3n) is 3.13. The van der Waals surface area contributed by atoms with Crippen molar-refractivity contribution in [2.24, 2.45) is 0 Å². The van der Waals surface area contributed by atoms with Crippen LogP contribution >= 0.6 is 0 Å². The topological polar surface area (TPSA) is 34.1 Å². The Hall–Kier alpha value is -1.30. The summed E-state index contributed by atoms with van der Waals surface area (Å²) in [6.07, 6.45) is 2.14. The van der Waals surface area contributed by atoms with E-state index < -0.39 is 12.8 Å². The van der Waals surface area contributed by atoms with Crippen LogP contribution in [0.25, 0.3) is 0 Å². The number of aromatic nitrogens is 1. The van der Waals surface area contributed by atoms with Crippen LogP contribution in [0.3, 0.4) is 0 Å². The van der Waals surface area contributed by atoms with Crippen molar-refractivity contribution in [3.8, 4) is 5.88 Å². The van der Waals surface area contributed by atoms with Gasteiger partial charge < -0.3 is 10.1 Å². The van der Waals surface area contributed by atoms with Gasteiger partial charge in [0.05, 0.1) is 0 Å². The first-order valence-corrected chi connectivity index (χ1v) is 6.41. The number of halogens is 3. The maximum absolute atomic E-state index is 12.0. The van der Waals surface area contributed by atoms with Gasteiger partial charge in [-0.2, -0.15) is 13.2 Å². The van der Waals surface area contributed by atoms with E-state index >= 15 is 0 Å². The number of rotatable bonds is 5. The van der Waals surface area contributed by atoms with E-state index in [1.165, 1.54) is 31.7 Å². The average molecular weight is 274 g/mol. The van der Waals surface area contributed by atoms with Gasteiger partial charge in [-0.3, -0.25) is 0 Å². The molecular weight excluding hydrogens is 257 g/mol. The van der Waals surface area contributed by atoms with E-state index in [0.717, 1.165) is 5.56 Å². The Bertz CT molecular complexity index is 386. The second kappa shape index (κ2) is 6.23. The third kappa shape index (κ3) is 5.06. The highest BCUT2D eigenvalue weighted by Crippen LogP contribution is 2.19. The molecule has 1 aromatic heterocycles. The van der Waals surface area contributed by atoms with Gasteiger partial charge in [0.1, 0.15) is 0 Å². The number of hydrogen-bond acceptors (Lipinski definition) is 3. The Morgan fingerprint density at radius 2 is 2.00 bits per heavy atom. The van der Waals surface area contributed by atoms with Crippen molar-refractivity contribution in [1.29, 1.82) is 0 Å². The van der Waals surface area contributed by atoms with Crippen molar-refractivity contribution in [2.75, 3.05) is 6.61 Å². The fourth-order valence-electron chi connectivity index (χ4n) is 2.15. The zero-order chi connectivity index (χ0) is 13.7. The molecule has 6 heteroatoms. The smallest absolute Gasteiger partial charge is 0.422 e. The molecular formula is C13H17F3N2O. The number of nitrogens with zero attached hydrogens (tertiary/aromatic N) is 1. The molecule has 0 saturated heterocycles. The van der Waals surface area contributed by atoms with Crippen LogP contribution in [0.4, 0.5) is 13.2 Å². The van der Waals surface area contributed by atoms with E-state index in [0.29, 0.717) is 12.6 Å². The average Bonchev–Trinajstić information content (AvgIpc) is 2.87. The maximum Gasteiger partial charge on any atom is 0.422 e. The summed E-state index contributed by atoms with van der Waals surface area (Å²) in [4.78, 5) is 3.86. The van der Waals surface area contributed by atoms with Crippen LogP contribution < -0.4 is 10.1 Å². The highest BCUT2D eigenvalue weighted by Gasteiger charge is 2.28. The standard InChI is InChI=1S/C13H17F3N2O/c14-13(15,16)9-19-12-6-5-10(8-18-12)7-17-11-3-1-2-4-11/h5-6,8,11,17H,1-4,7,9H2. The lowest BCUT2D eigenvalue weighted by Crippen LogP contribution is -2.25. The fraction of sp³-hybridized carbons (Fsp3) is 0.615. The Labute approximate surface area is 110 Å². The fourth-order valence-corrected chi connectivity index (χ4v) is 2.15. The molecule has 0 amide bonds. The van der Waals surface area contributed by atoms with Crippen molar-refractivity contribution in [3.63, 3.8) is 0 Å². The minimum atomic E-state index is -4.33. The molecule has 0 spiro atoms. The summed E-state index contributed by atoms with van der Waals surface area (Å²) < 4.78 is 40.4. The van der Waals surface area contributed by atoms with Crippen molar-refractivity contribution < 1.29 is 17.9 Å². The molecule has 1 heterocycles. The third-order valence-corrected chi connectivity index (χ3v) is 3.13. The number of ether oxygens (including phenoxy) is 1. The lowest BCUT2D eigenvalue weighted by Gasteiger charge is -2.12. The summed E-state index contributed by atoms with van der Waals surface area (Å²) in [5.74, 6) is 0.00180. The van der Waals surface area contributed by atoms with Crippen LogP contribution in [0.5, 0.6) is 5.88 Å². The lowest BCUT2D eigenvalue weighted by atomic mass is 10.2. The van der Waals surface area contributed by atoms with E-state index in [4.69, 9.17) is 0 Å². The molecule has 0 bridgehead atoms. The maximum atomic E-state index is 12.0. The highest BCUT2D eigenvalue weighted by atomic mass is 19.4. The first kappa shape index (κ1) is 14.1. The second-order valence-corrected chi connectivity index (χ2v) is 4.77. The van der Waals surface area contributed by atoms with Gasteiger partial charge in [0.25, 0.3) is 0 Å². The molecule has 0 atom stereocenters. The van der Waals surface area contributed by atoms with Gasteiger partial charge in [-0.05, 0) is 18.4 Å². The van der Waals surface area contributed by atoms with Crippen molar-refractivity contribution in [1.82, 2.24) is 10.3 Å². The van der Waals surface area contributed by atoms with Crippen LogP contribution in [0.1, 0.15) is 31.2 Å². The van der Waals surface area contributed by atoms with Crippen molar-refractivity contribution >= 4 is 0 Å². The molecule has 1 aromatic rings. The zero-order valence-electron chi connectivity index (χ0n) is 10.5. The predicted octanol–water partition coefficient (Wildman–Crippen LogP) is 3.05. The number of pyridine rings is 1. The highest BCUT2D eigenvalue weighted by molar-refractivity contribution is 5.17. The first-order chi connectivity index (χ1) is 9.03. The first-order valence-electron chi connectivity index (χ1n) is 6.41. The molecule has 1 saturated carbocycles. The van der Waals surface area contributed by atoms with Crippen LogP contribution in [-0.4, -0.2) is 23.8 Å². The zero-order valence-corrected chi connectivity index (χ0v) is 10.5. The van der Waals surface area contributed by atoms with Crippen LogP contribution in [-0.2, 0) is 6.54 Å². The van der Waals surface area contributed by atoms with E-state index in [-0.39, 0.29) is 5.88 Å². The molecule has 0 unspecified atom stereocenters. The Kier molecular flexibility index (Phi) is 4.63. The minimum Gasteiger partial charge on any atom is -0.468 e. The van der Waals surface area contributed by atoms with Gasteiger partial charge in [0.2, 0.25) is 5.88 Å². The molecule has 1 aliphatic rings. The van der Waals surface area contributed by atoms with Crippen LogP contribution in [0.15, 0.2) is 18.3 Å². The van der Waals surface area contributed by atoms with Gasteiger partial charge in [-0.15, -0.1) is 0 Å². The Balaban J connectivity index is 1.77. The summed E-state index contributed by atoms with van der Waals surface area (Å²) in [7, 11) is 0. The van der Waals surface area contributed by atoms with Crippen molar-refractivity contribution in [2.45, 2.75) is 44.4 Å². The molecule has 1 fully saturated rings. The minimum absolute atomic E-state index is 0.00180. The van der Waals surface area contributed by atoms with E-state index in [2.05, 4.69) is 15.0 Å². The Morgan fingerprint density at radius 1 is 1.26 bits per heavy atom. The van der Waals surface area contributed by atoms with Crippen LogP contribution in [0, 0.1) is 0 Å². The quantitative estimate of drug-likeness (QED) is 0.896. The normalized spacial score (nSPS) is 16.8. The van der Waals surface area contributed by atoms with Gasteiger partial charge >= 0.3 is 6.18 Å². The summed E-state index contributed by atoms with van der Waals surface area (Å²) in [5, 5.41) is 3.41. The number of hydrogen-bond donors (Lipinski definition) is 1. The molecule has 2 rings (SSSR count). The van der Waals surface area contributed by atoms with Crippen molar-refractivity contribution in [3.05, 3.63) is 23.9 Å². The second-order valence-electron chi connectivity index (χ2n) is 4.77. The van der Waals surface area contributed by atoms with Gasteiger partial charge in [-0.1, -0.05) is 18.9 Å². The molecule has 0 aliphatic heterocycles. The van der Waals surface area contributed by atoms with E-state index in [1.54, 1.807) is 12.3 Å². The summed E-state index contributed by atoms with van der Waals surface area (Å²) in [5.41, 5.74) is 0.950. The summed E-state index contributed by atoms with van der Waals surface area (Å²) in [6.45, 7) is -0.614. The number of nitrogens with one attached hydrogen (secondary N) is 1. The Morgan fingerprint density at radius 3 is 2.58 bits per heavy atom. The molecule has 106 valence electrons. The molecule has 3 nitrogen and oxygen atoms in total. The molecule has 0 aromatic carbocycles. The molecule has 0 radical (unpaired) electrons. The molecule has 1 aliphatic carbocycles. The lowest BCUT2D eigenvalue weighted by molar-refractivity contribution is -0.154. The largest absolute Gasteiger partial charge is 0.468 e. The summed E-state index contributed by atoms with van der Waals surface area (Å²) >= 11 is 0. The van der Waals surface area contributed by atoms with Gasteiger partial charge in [-0.25, -0.2) is 4.98 Å². The molecule has 1 N–H and O–H groups in total.